The zero-order valence-corrected chi connectivity index (χ0v) is 19.5. The molecule has 0 aliphatic heterocycles. The number of hydrogen-bond donors (Lipinski definition) is 1. The summed E-state index contributed by atoms with van der Waals surface area (Å²) >= 11 is 0. The van der Waals surface area contributed by atoms with Crippen molar-refractivity contribution in [2.45, 2.75) is 30.9 Å². The molecule has 2 atom stereocenters. The fourth-order valence-corrected chi connectivity index (χ4v) is 4.40. The molecule has 0 heterocycles. The Morgan fingerprint density at radius 2 is 1.48 bits per heavy atom. The van der Waals surface area contributed by atoms with Crippen LogP contribution < -0.4 is 9.62 Å². The highest BCUT2D eigenvalue weighted by Gasteiger charge is 2.24. The maximum Gasteiger partial charge on any atom is 0.338 e. The van der Waals surface area contributed by atoms with Gasteiger partial charge < -0.3 is 10.1 Å². The molecule has 1 N–H and O–H groups in total. The zero-order chi connectivity index (χ0) is 24.0. The van der Waals surface area contributed by atoms with Gasteiger partial charge in [-0.05, 0) is 49.7 Å². The first-order chi connectivity index (χ1) is 15.7. The van der Waals surface area contributed by atoms with E-state index in [0.717, 1.165) is 9.87 Å². The summed E-state index contributed by atoms with van der Waals surface area (Å²) in [5.74, 6) is -1.24. The van der Waals surface area contributed by atoms with E-state index in [1.807, 2.05) is 37.3 Å². The lowest BCUT2D eigenvalue weighted by Crippen LogP contribution is -2.37. The Morgan fingerprint density at radius 3 is 2.12 bits per heavy atom. The van der Waals surface area contributed by atoms with Gasteiger partial charge in [-0.15, -0.1) is 0 Å². The van der Waals surface area contributed by atoms with E-state index < -0.39 is 28.0 Å². The molecule has 0 saturated heterocycles. The molecule has 0 saturated carbocycles. The average Bonchev–Trinajstić information content (AvgIpc) is 2.84. The molecule has 2 unspecified atom stereocenters. The summed E-state index contributed by atoms with van der Waals surface area (Å²) in [6, 6.07) is 23.3. The summed E-state index contributed by atoms with van der Waals surface area (Å²) in [4.78, 5) is 25.0. The van der Waals surface area contributed by atoms with E-state index in [4.69, 9.17) is 4.74 Å². The summed E-state index contributed by atoms with van der Waals surface area (Å²) in [6.45, 7) is 3.30. The second kappa shape index (κ2) is 10.3. The summed E-state index contributed by atoms with van der Waals surface area (Å²) in [5, 5.41) is 2.80. The van der Waals surface area contributed by atoms with E-state index in [9.17, 15) is 18.0 Å². The maximum absolute atomic E-state index is 13.0. The van der Waals surface area contributed by atoms with Gasteiger partial charge in [0.1, 0.15) is 0 Å². The van der Waals surface area contributed by atoms with Gasteiger partial charge in [0, 0.05) is 7.05 Å². The molecule has 8 heteroatoms. The van der Waals surface area contributed by atoms with E-state index in [-0.39, 0.29) is 16.5 Å². The molecule has 172 valence electrons. The van der Waals surface area contributed by atoms with Crippen molar-refractivity contribution < 1.29 is 22.7 Å². The van der Waals surface area contributed by atoms with Crippen molar-refractivity contribution in [2.24, 2.45) is 0 Å². The second-order valence-electron chi connectivity index (χ2n) is 7.52. The highest BCUT2D eigenvalue weighted by molar-refractivity contribution is 7.92. The molecule has 3 rings (SSSR count). The van der Waals surface area contributed by atoms with Crippen LogP contribution in [0.5, 0.6) is 0 Å². The van der Waals surface area contributed by atoms with Gasteiger partial charge in [0.25, 0.3) is 15.9 Å². The van der Waals surface area contributed by atoms with Crippen molar-refractivity contribution in [3.8, 4) is 0 Å². The molecule has 0 aliphatic rings. The number of esters is 1. The summed E-state index contributed by atoms with van der Waals surface area (Å²) in [6.07, 6.45) is -1.06. The number of sulfonamides is 1. The Balaban J connectivity index is 1.69. The van der Waals surface area contributed by atoms with Gasteiger partial charge in [0.05, 0.1) is 22.2 Å². The minimum absolute atomic E-state index is 0.0355. The van der Waals surface area contributed by atoms with Crippen molar-refractivity contribution in [3.05, 3.63) is 96.1 Å². The molecule has 0 radical (unpaired) electrons. The first-order valence-corrected chi connectivity index (χ1v) is 11.8. The highest BCUT2D eigenvalue weighted by atomic mass is 32.2. The second-order valence-corrected chi connectivity index (χ2v) is 9.49. The normalized spacial score (nSPS) is 12.9. The standard InChI is InChI=1S/C25H26N2O5S/c1-18(20-11-6-4-7-12-20)26-24(28)19(2)32-25(29)21-13-10-16-23(17-21)33(30,31)27(3)22-14-8-5-9-15-22/h4-19H,1-3H3,(H,26,28). The van der Waals surface area contributed by atoms with Gasteiger partial charge >= 0.3 is 5.97 Å². The molecule has 7 nitrogen and oxygen atoms in total. The smallest absolute Gasteiger partial charge is 0.338 e. The number of nitrogens with zero attached hydrogens (tertiary/aromatic N) is 1. The first kappa shape index (κ1) is 24.0. The number of amides is 1. The van der Waals surface area contributed by atoms with Gasteiger partial charge in [0.15, 0.2) is 6.10 Å². The Hall–Kier alpha value is -3.65. The number of carbonyl (C=O) groups is 2. The molecule has 0 aliphatic carbocycles. The summed E-state index contributed by atoms with van der Waals surface area (Å²) < 4.78 is 32.4. The number of hydrogen-bond acceptors (Lipinski definition) is 5. The molecule has 0 bridgehead atoms. The molecule has 0 spiro atoms. The van der Waals surface area contributed by atoms with Crippen LogP contribution in [-0.4, -0.2) is 33.4 Å². The molecular formula is C25H26N2O5S. The number of para-hydroxylation sites is 1. The summed E-state index contributed by atoms with van der Waals surface area (Å²) in [7, 11) is -2.45. The predicted molar refractivity (Wildman–Crippen MR) is 126 cm³/mol. The molecule has 3 aromatic rings. The van der Waals surface area contributed by atoms with Crippen molar-refractivity contribution in [1.82, 2.24) is 5.32 Å². The van der Waals surface area contributed by atoms with Crippen LogP contribution in [0.2, 0.25) is 0 Å². The lowest BCUT2D eigenvalue weighted by Gasteiger charge is -2.20. The number of anilines is 1. The van der Waals surface area contributed by atoms with Crippen LogP contribution in [0.15, 0.2) is 89.8 Å². The monoisotopic (exact) mass is 466 g/mol. The zero-order valence-electron chi connectivity index (χ0n) is 18.6. The van der Waals surface area contributed by atoms with E-state index in [1.54, 1.807) is 30.3 Å². The van der Waals surface area contributed by atoms with Crippen LogP contribution in [0, 0.1) is 0 Å². The molecule has 1 amide bonds. The third kappa shape index (κ3) is 5.78. The van der Waals surface area contributed by atoms with Crippen LogP contribution in [-0.2, 0) is 19.6 Å². The van der Waals surface area contributed by atoms with Crippen LogP contribution in [0.1, 0.15) is 35.8 Å². The van der Waals surface area contributed by atoms with Gasteiger partial charge in [-0.25, -0.2) is 13.2 Å². The van der Waals surface area contributed by atoms with Gasteiger partial charge in [-0.3, -0.25) is 9.10 Å². The number of ether oxygens (including phenoxy) is 1. The van der Waals surface area contributed by atoms with Gasteiger partial charge in [-0.1, -0.05) is 54.6 Å². The molecule has 33 heavy (non-hydrogen) atoms. The Morgan fingerprint density at radius 1 is 0.879 bits per heavy atom. The Bertz CT molecular complexity index is 1210. The Kier molecular flexibility index (Phi) is 7.50. The van der Waals surface area contributed by atoms with E-state index in [1.165, 1.54) is 38.2 Å². The fraction of sp³-hybridized carbons (Fsp3) is 0.200. The van der Waals surface area contributed by atoms with Crippen LogP contribution in [0.25, 0.3) is 0 Å². The van der Waals surface area contributed by atoms with E-state index in [2.05, 4.69) is 5.32 Å². The summed E-state index contributed by atoms with van der Waals surface area (Å²) in [5.41, 5.74) is 1.45. The third-order valence-electron chi connectivity index (χ3n) is 5.16. The Labute approximate surface area is 194 Å². The minimum atomic E-state index is -3.89. The number of benzene rings is 3. The number of nitrogens with one attached hydrogen (secondary N) is 1. The number of carbonyl (C=O) groups excluding carboxylic acids is 2. The highest BCUT2D eigenvalue weighted by Crippen LogP contribution is 2.22. The number of rotatable bonds is 8. The van der Waals surface area contributed by atoms with Crippen LogP contribution >= 0.6 is 0 Å². The minimum Gasteiger partial charge on any atom is -0.449 e. The van der Waals surface area contributed by atoms with Crippen molar-refractivity contribution >= 4 is 27.6 Å². The maximum atomic E-state index is 13.0. The molecule has 3 aromatic carbocycles. The van der Waals surface area contributed by atoms with Gasteiger partial charge in [0.2, 0.25) is 0 Å². The van der Waals surface area contributed by atoms with Crippen LogP contribution in [0.3, 0.4) is 0 Å². The molecular weight excluding hydrogens is 440 g/mol. The van der Waals surface area contributed by atoms with Crippen molar-refractivity contribution in [3.63, 3.8) is 0 Å². The fourth-order valence-electron chi connectivity index (χ4n) is 3.16. The lowest BCUT2D eigenvalue weighted by atomic mass is 10.1. The van der Waals surface area contributed by atoms with E-state index >= 15 is 0 Å². The SMILES string of the molecule is CC(OC(=O)c1cccc(S(=O)(=O)N(C)c2ccccc2)c1)C(=O)NC(C)c1ccccc1. The van der Waals surface area contributed by atoms with E-state index in [0.29, 0.717) is 5.69 Å². The van der Waals surface area contributed by atoms with Crippen molar-refractivity contribution in [2.75, 3.05) is 11.4 Å². The quantitative estimate of drug-likeness (QED) is 0.508. The van der Waals surface area contributed by atoms with Gasteiger partial charge in [-0.2, -0.15) is 0 Å². The first-order valence-electron chi connectivity index (χ1n) is 10.4. The predicted octanol–water partition coefficient (Wildman–Crippen LogP) is 3.93. The lowest BCUT2D eigenvalue weighted by molar-refractivity contribution is -0.129. The topological polar surface area (TPSA) is 92.8 Å². The van der Waals surface area contributed by atoms with Crippen LogP contribution in [0.4, 0.5) is 5.69 Å². The third-order valence-corrected chi connectivity index (χ3v) is 6.94. The average molecular weight is 467 g/mol. The van der Waals surface area contributed by atoms with Crippen molar-refractivity contribution in [1.29, 1.82) is 0 Å². The molecule has 0 fully saturated rings. The molecule has 0 aromatic heterocycles. The largest absolute Gasteiger partial charge is 0.449 e.